The number of aliphatic carboxylic acids is 1. The normalized spacial score (nSPS) is 52.9. The molecule has 0 saturated heterocycles. The van der Waals surface area contributed by atoms with Crippen molar-refractivity contribution in [3.8, 4) is 0 Å². The molecular weight excluding hydrogens is 188 g/mol. The summed E-state index contributed by atoms with van der Waals surface area (Å²) in [5.41, 5.74) is 0.162. The molecule has 3 atom stereocenters. The van der Waals surface area contributed by atoms with Crippen molar-refractivity contribution in [2.75, 3.05) is 0 Å². The number of carboxylic acids is 1. The molecule has 0 heterocycles. The van der Waals surface area contributed by atoms with Crippen molar-refractivity contribution in [1.82, 2.24) is 0 Å². The van der Waals surface area contributed by atoms with Crippen LogP contribution < -0.4 is 0 Å². The van der Waals surface area contributed by atoms with Crippen molar-refractivity contribution in [2.24, 2.45) is 29.1 Å². The van der Waals surface area contributed by atoms with Gasteiger partial charge in [-0.1, -0.05) is 19.8 Å². The van der Waals surface area contributed by atoms with Crippen molar-refractivity contribution in [3.05, 3.63) is 0 Å². The molecule has 4 aliphatic rings. The SMILES string of the molecule is CC1(C2CC3CCC2CC3)CC1C(=O)O. The average molecular weight is 208 g/mol. The summed E-state index contributed by atoms with van der Waals surface area (Å²) in [6.45, 7) is 2.22. The Morgan fingerprint density at radius 3 is 2.33 bits per heavy atom. The van der Waals surface area contributed by atoms with Gasteiger partial charge < -0.3 is 5.11 Å². The number of hydrogen-bond donors (Lipinski definition) is 1. The monoisotopic (exact) mass is 208 g/mol. The van der Waals surface area contributed by atoms with Gasteiger partial charge in [-0.05, 0) is 48.9 Å². The largest absolute Gasteiger partial charge is 0.481 e. The minimum atomic E-state index is -0.557. The Balaban J connectivity index is 1.76. The maximum atomic E-state index is 11.0. The van der Waals surface area contributed by atoms with E-state index in [9.17, 15) is 4.79 Å². The van der Waals surface area contributed by atoms with Crippen LogP contribution in [0, 0.1) is 29.1 Å². The zero-order chi connectivity index (χ0) is 10.6. The Morgan fingerprint density at radius 1 is 1.27 bits per heavy atom. The van der Waals surface area contributed by atoms with Gasteiger partial charge in [0.1, 0.15) is 0 Å². The lowest BCUT2D eigenvalue weighted by Gasteiger charge is -2.45. The number of fused-ring (bicyclic) bond motifs is 3. The molecule has 2 heteroatoms. The van der Waals surface area contributed by atoms with Crippen LogP contribution >= 0.6 is 0 Å². The fourth-order valence-corrected chi connectivity index (χ4v) is 4.35. The highest BCUT2D eigenvalue weighted by Crippen LogP contribution is 2.65. The Morgan fingerprint density at radius 2 is 1.93 bits per heavy atom. The first-order valence-corrected chi connectivity index (χ1v) is 6.34. The zero-order valence-corrected chi connectivity index (χ0v) is 9.41. The van der Waals surface area contributed by atoms with Gasteiger partial charge in [0, 0.05) is 0 Å². The lowest BCUT2D eigenvalue weighted by Crippen LogP contribution is -2.36. The topological polar surface area (TPSA) is 37.3 Å². The van der Waals surface area contributed by atoms with Crippen molar-refractivity contribution >= 4 is 5.97 Å². The van der Waals surface area contributed by atoms with Gasteiger partial charge in [-0.2, -0.15) is 0 Å². The van der Waals surface area contributed by atoms with Crippen molar-refractivity contribution < 1.29 is 9.90 Å². The van der Waals surface area contributed by atoms with E-state index < -0.39 is 5.97 Å². The van der Waals surface area contributed by atoms with Gasteiger partial charge in [0.25, 0.3) is 0 Å². The zero-order valence-electron chi connectivity index (χ0n) is 9.41. The predicted octanol–water partition coefficient (Wildman–Crippen LogP) is 2.92. The van der Waals surface area contributed by atoms with Crippen molar-refractivity contribution in [3.63, 3.8) is 0 Å². The van der Waals surface area contributed by atoms with E-state index in [2.05, 4.69) is 6.92 Å². The quantitative estimate of drug-likeness (QED) is 0.757. The third-order valence-electron chi connectivity index (χ3n) is 5.47. The minimum Gasteiger partial charge on any atom is -0.481 e. The van der Waals surface area contributed by atoms with Gasteiger partial charge >= 0.3 is 5.97 Å². The highest BCUT2D eigenvalue weighted by Gasteiger charge is 2.61. The minimum absolute atomic E-state index is 0.0261. The Labute approximate surface area is 91.1 Å². The molecule has 1 N–H and O–H groups in total. The summed E-state index contributed by atoms with van der Waals surface area (Å²) in [4.78, 5) is 11.0. The molecule has 0 aromatic heterocycles. The van der Waals surface area contributed by atoms with E-state index in [0.29, 0.717) is 0 Å². The summed E-state index contributed by atoms with van der Waals surface area (Å²) < 4.78 is 0. The smallest absolute Gasteiger partial charge is 0.307 e. The van der Waals surface area contributed by atoms with Gasteiger partial charge in [-0.15, -0.1) is 0 Å². The number of carbonyl (C=O) groups is 1. The van der Waals surface area contributed by atoms with Crippen LogP contribution in [0.1, 0.15) is 45.4 Å². The molecule has 0 aromatic rings. The molecule has 4 saturated carbocycles. The molecule has 84 valence electrons. The van der Waals surface area contributed by atoms with Gasteiger partial charge in [0.2, 0.25) is 0 Å². The Bertz CT molecular complexity index is 291. The van der Waals surface area contributed by atoms with Crippen LogP contribution in [0.2, 0.25) is 0 Å². The van der Waals surface area contributed by atoms with Gasteiger partial charge in [-0.3, -0.25) is 4.79 Å². The second-order valence-corrected chi connectivity index (χ2v) is 6.22. The fourth-order valence-electron chi connectivity index (χ4n) is 4.35. The highest BCUT2D eigenvalue weighted by atomic mass is 16.4. The molecule has 2 nitrogen and oxygen atoms in total. The van der Waals surface area contributed by atoms with E-state index in [4.69, 9.17) is 5.11 Å². The lowest BCUT2D eigenvalue weighted by molar-refractivity contribution is -0.140. The summed E-state index contributed by atoms with van der Waals surface area (Å²) in [7, 11) is 0. The first kappa shape index (κ1) is 9.68. The molecule has 0 spiro atoms. The van der Waals surface area contributed by atoms with E-state index in [1.165, 1.54) is 32.1 Å². The Kier molecular flexibility index (Phi) is 1.93. The van der Waals surface area contributed by atoms with Gasteiger partial charge in [-0.25, -0.2) is 0 Å². The first-order valence-electron chi connectivity index (χ1n) is 6.34. The molecule has 4 rings (SSSR count). The number of carboxylic acid groups (broad SMARTS) is 1. The maximum absolute atomic E-state index is 11.0. The van der Waals surface area contributed by atoms with E-state index >= 15 is 0 Å². The summed E-state index contributed by atoms with van der Waals surface area (Å²) in [5, 5.41) is 9.09. The summed E-state index contributed by atoms with van der Waals surface area (Å²) in [6, 6.07) is 0. The molecule has 4 fully saturated rings. The second-order valence-electron chi connectivity index (χ2n) is 6.22. The molecule has 0 aliphatic heterocycles. The lowest BCUT2D eigenvalue weighted by atomic mass is 9.60. The molecule has 4 aliphatic carbocycles. The fraction of sp³-hybridized carbons (Fsp3) is 0.923. The van der Waals surface area contributed by atoms with Crippen molar-refractivity contribution in [1.29, 1.82) is 0 Å². The third kappa shape index (κ3) is 1.33. The predicted molar refractivity (Wildman–Crippen MR) is 57.4 cm³/mol. The highest BCUT2D eigenvalue weighted by molar-refractivity contribution is 5.74. The molecule has 3 unspecified atom stereocenters. The van der Waals surface area contributed by atoms with Crippen LogP contribution in [0.25, 0.3) is 0 Å². The average Bonchev–Trinajstić information content (AvgIpc) is 2.94. The van der Waals surface area contributed by atoms with Crippen LogP contribution in [0.15, 0.2) is 0 Å². The molecule has 15 heavy (non-hydrogen) atoms. The van der Waals surface area contributed by atoms with Crippen molar-refractivity contribution in [2.45, 2.75) is 45.4 Å². The molecule has 0 amide bonds. The molecule has 0 radical (unpaired) electrons. The van der Waals surface area contributed by atoms with E-state index in [0.717, 1.165) is 24.2 Å². The van der Waals surface area contributed by atoms with Gasteiger partial charge in [0.05, 0.1) is 5.92 Å². The number of rotatable bonds is 2. The number of hydrogen-bond acceptors (Lipinski definition) is 1. The van der Waals surface area contributed by atoms with Crippen LogP contribution in [0.3, 0.4) is 0 Å². The van der Waals surface area contributed by atoms with Crippen LogP contribution in [0.5, 0.6) is 0 Å². The summed E-state index contributed by atoms with van der Waals surface area (Å²) >= 11 is 0. The molecular formula is C13H20O2. The van der Waals surface area contributed by atoms with Crippen LogP contribution in [-0.2, 0) is 4.79 Å². The van der Waals surface area contributed by atoms with Crippen LogP contribution in [0.4, 0.5) is 0 Å². The maximum Gasteiger partial charge on any atom is 0.307 e. The molecule has 0 aromatic carbocycles. The second kappa shape index (κ2) is 2.99. The van der Waals surface area contributed by atoms with Gasteiger partial charge in [0.15, 0.2) is 0 Å². The third-order valence-corrected chi connectivity index (χ3v) is 5.47. The van der Waals surface area contributed by atoms with E-state index in [1.807, 2.05) is 0 Å². The van der Waals surface area contributed by atoms with Crippen LogP contribution in [-0.4, -0.2) is 11.1 Å². The Hall–Kier alpha value is -0.530. The van der Waals surface area contributed by atoms with E-state index in [1.54, 1.807) is 0 Å². The van der Waals surface area contributed by atoms with E-state index in [-0.39, 0.29) is 11.3 Å². The molecule has 2 bridgehead atoms. The first-order chi connectivity index (χ1) is 7.11. The summed E-state index contributed by atoms with van der Waals surface area (Å²) in [5.74, 6) is 1.92. The summed E-state index contributed by atoms with van der Waals surface area (Å²) in [6.07, 6.45) is 7.83. The standard InChI is InChI=1S/C13H20O2/c1-13(7-11(13)12(14)15)10-6-8-2-4-9(10)5-3-8/h8-11H,2-7H2,1H3,(H,14,15).